The molecule has 0 bridgehead atoms. The summed E-state index contributed by atoms with van der Waals surface area (Å²) in [7, 11) is -1.56. The molecule has 2 rings (SSSR count). The molecule has 1 fully saturated rings. The lowest BCUT2D eigenvalue weighted by molar-refractivity contribution is 0.162. The van der Waals surface area contributed by atoms with Crippen LogP contribution in [-0.2, 0) is 9.84 Å². The van der Waals surface area contributed by atoms with Crippen LogP contribution in [0.3, 0.4) is 0 Å². The van der Waals surface area contributed by atoms with Crippen LogP contribution in [0, 0.1) is 5.92 Å². The molecule has 0 saturated heterocycles. The molecule has 0 aliphatic heterocycles. The number of rotatable bonds is 7. The monoisotopic (exact) mass is 326 g/mol. The third kappa shape index (κ3) is 4.76. The van der Waals surface area contributed by atoms with E-state index in [9.17, 15) is 13.5 Å². The first-order valence-corrected chi connectivity index (χ1v) is 9.70. The van der Waals surface area contributed by atoms with Crippen LogP contribution >= 0.6 is 0 Å². The molecule has 1 aliphatic rings. The summed E-state index contributed by atoms with van der Waals surface area (Å²) in [6, 6.07) is 4.88. The summed E-state index contributed by atoms with van der Waals surface area (Å²) < 4.78 is 25.1. The maximum absolute atomic E-state index is 12.5. The highest BCUT2D eigenvalue weighted by molar-refractivity contribution is 7.91. The molecular weight excluding hydrogens is 300 g/mol. The van der Waals surface area contributed by atoms with Gasteiger partial charge in [-0.25, -0.2) is 13.4 Å². The fraction of sp³-hybridized carbons (Fsp3) is 0.688. The van der Waals surface area contributed by atoms with Crippen molar-refractivity contribution in [2.24, 2.45) is 5.92 Å². The first kappa shape index (κ1) is 17.4. The standard InChI is InChI=1S/C16H26N2O3S/c1-17-11-10-15(19)14-8-5-9-16(18-14)22(20,21)12-13-6-3-2-4-7-13/h5,8-9,13,15,17,19H,2-4,6-7,10-12H2,1H3/t15-/m1/s1. The fourth-order valence-electron chi connectivity index (χ4n) is 2.97. The van der Waals surface area contributed by atoms with Crippen LogP contribution in [0.2, 0.25) is 0 Å². The van der Waals surface area contributed by atoms with E-state index in [1.165, 1.54) is 12.5 Å². The van der Waals surface area contributed by atoms with Gasteiger partial charge in [0, 0.05) is 0 Å². The number of sulfone groups is 1. The highest BCUT2D eigenvalue weighted by atomic mass is 32.2. The van der Waals surface area contributed by atoms with Crippen molar-refractivity contribution in [1.82, 2.24) is 10.3 Å². The van der Waals surface area contributed by atoms with E-state index in [4.69, 9.17) is 0 Å². The number of aliphatic hydroxyl groups is 1. The number of pyridine rings is 1. The van der Waals surface area contributed by atoms with E-state index in [0.717, 1.165) is 25.7 Å². The zero-order chi connectivity index (χ0) is 16.0. The topological polar surface area (TPSA) is 79.3 Å². The number of hydrogen-bond acceptors (Lipinski definition) is 5. The Morgan fingerprint density at radius 3 is 2.73 bits per heavy atom. The number of nitrogens with one attached hydrogen (secondary N) is 1. The molecule has 124 valence electrons. The lowest BCUT2D eigenvalue weighted by Gasteiger charge is -2.21. The lowest BCUT2D eigenvalue weighted by Crippen LogP contribution is -2.20. The number of hydrogen-bond donors (Lipinski definition) is 2. The van der Waals surface area contributed by atoms with E-state index in [1.807, 2.05) is 7.05 Å². The van der Waals surface area contributed by atoms with Crippen LogP contribution in [0.4, 0.5) is 0 Å². The van der Waals surface area contributed by atoms with Crippen molar-refractivity contribution in [2.45, 2.75) is 49.7 Å². The molecule has 0 spiro atoms. The third-order valence-corrected chi connectivity index (χ3v) is 6.03. The predicted octanol–water partition coefficient (Wildman–Crippen LogP) is 2.08. The molecule has 0 radical (unpaired) electrons. The second kappa shape index (κ2) is 8.04. The van der Waals surface area contributed by atoms with E-state index in [1.54, 1.807) is 12.1 Å². The zero-order valence-corrected chi connectivity index (χ0v) is 14.0. The van der Waals surface area contributed by atoms with Crippen molar-refractivity contribution in [3.8, 4) is 0 Å². The van der Waals surface area contributed by atoms with Gasteiger partial charge in [0.25, 0.3) is 0 Å². The molecule has 22 heavy (non-hydrogen) atoms. The van der Waals surface area contributed by atoms with Gasteiger partial charge in [0.2, 0.25) is 0 Å². The van der Waals surface area contributed by atoms with Crippen molar-refractivity contribution >= 4 is 9.84 Å². The smallest absolute Gasteiger partial charge is 0.195 e. The molecule has 2 N–H and O–H groups in total. The van der Waals surface area contributed by atoms with Gasteiger partial charge >= 0.3 is 0 Å². The van der Waals surface area contributed by atoms with Crippen molar-refractivity contribution in [3.63, 3.8) is 0 Å². The second-order valence-electron chi connectivity index (χ2n) is 6.09. The molecule has 6 heteroatoms. The van der Waals surface area contributed by atoms with Crippen LogP contribution in [0.5, 0.6) is 0 Å². The average molecular weight is 326 g/mol. The summed E-state index contributed by atoms with van der Waals surface area (Å²) >= 11 is 0. The normalized spacial score (nSPS) is 18.3. The van der Waals surface area contributed by atoms with Crippen LogP contribution < -0.4 is 5.32 Å². The molecule has 1 aromatic heterocycles. The summed E-state index contributed by atoms with van der Waals surface area (Å²) in [6.07, 6.45) is 5.20. The molecule has 1 aromatic rings. The first-order chi connectivity index (χ1) is 10.5. The lowest BCUT2D eigenvalue weighted by atomic mass is 9.91. The minimum Gasteiger partial charge on any atom is -0.387 e. The maximum atomic E-state index is 12.5. The van der Waals surface area contributed by atoms with Crippen molar-refractivity contribution in [3.05, 3.63) is 23.9 Å². The van der Waals surface area contributed by atoms with Crippen molar-refractivity contribution < 1.29 is 13.5 Å². The molecule has 0 unspecified atom stereocenters. The van der Waals surface area contributed by atoms with Gasteiger partial charge < -0.3 is 10.4 Å². The second-order valence-corrected chi connectivity index (χ2v) is 8.08. The molecule has 1 heterocycles. The Labute approximate surface area is 133 Å². The van der Waals surface area contributed by atoms with Crippen LogP contribution in [0.25, 0.3) is 0 Å². The Hall–Kier alpha value is -0.980. The van der Waals surface area contributed by atoms with Crippen molar-refractivity contribution in [2.75, 3.05) is 19.3 Å². The zero-order valence-electron chi connectivity index (χ0n) is 13.2. The third-order valence-electron chi connectivity index (χ3n) is 4.25. The largest absolute Gasteiger partial charge is 0.387 e. The molecule has 0 amide bonds. The van der Waals surface area contributed by atoms with Crippen LogP contribution in [0.15, 0.2) is 23.2 Å². The minimum atomic E-state index is -3.37. The Morgan fingerprint density at radius 2 is 2.05 bits per heavy atom. The van der Waals surface area contributed by atoms with Gasteiger partial charge in [-0.3, -0.25) is 0 Å². The SMILES string of the molecule is CNCC[C@@H](O)c1cccc(S(=O)(=O)CC2CCCCC2)n1. The molecule has 1 atom stereocenters. The Morgan fingerprint density at radius 1 is 1.32 bits per heavy atom. The molecule has 5 nitrogen and oxygen atoms in total. The maximum Gasteiger partial charge on any atom is 0.195 e. The summed E-state index contributed by atoms with van der Waals surface area (Å²) in [5.74, 6) is 0.425. The van der Waals surface area contributed by atoms with E-state index >= 15 is 0 Å². The summed E-state index contributed by atoms with van der Waals surface area (Å²) in [5, 5.41) is 13.1. The molecule has 0 aromatic carbocycles. The Balaban J connectivity index is 2.09. The number of nitrogens with zero attached hydrogens (tertiary/aromatic N) is 1. The average Bonchev–Trinajstić information content (AvgIpc) is 2.53. The predicted molar refractivity (Wildman–Crippen MR) is 86.4 cm³/mol. The minimum absolute atomic E-state index is 0.0964. The number of aliphatic hydroxyl groups excluding tert-OH is 1. The van der Waals surface area contributed by atoms with Gasteiger partial charge in [0.1, 0.15) is 0 Å². The quantitative estimate of drug-likeness (QED) is 0.802. The van der Waals surface area contributed by atoms with Gasteiger partial charge in [-0.15, -0.1) is 0 Å². The van der Waals surface area contributed by atoms with Gasteiger partial charge in [-0.2, -0.15) is 0 Å². The van der Waals surface area contributed by atoms with E-state index in [0.29, 0.717) is 18.7 Å². The van der Waals surface area contributed by atoms with Crippen LogP contribution in [0.1, 0.15) is 50.3 Å². The van der Waals surface area contributed by atoms with Gasteiger partial charge in [-0.1, -0.05) is 25.3 Å². The van der Waals surface area contributed by atoms with Gasteiger partial charge in [0.05, 0.1) is 17.6 Å². The Bertz CT molecular complexity index is 569. The fourth-order valence-corrected chi connectivity index (χ4v) is 4.62. The van der Waals surface area contributed by atoms with Crippen molar-refractivity contribution in [1.29, 1.82) is 0 Å². The van der Waals surface area contributed by atoms with E-state index < -0.39 is 15.9 Å². The van der Waals surface area contributed by atoms with Crippen LogP contribution in [-0.4, -0.2) is 37.9 Å². The summed E-state index contributed by atoms with van der Waals surface area (Å²) in [4.78, 5) is 4.20. The summed E-state index contributed by atoms with van der Waals surface area (Å²) in [6.45, 7) is 0.655. The van der Waals surface area contributed by atoms with E-state index in [-0.39, 0.29) is 16.7 Å². The highest BCUT2D eigenvalue weighted by Gasteiger charge is 2.24. The van der Waals surface area contributed by atoms with Gasteiger partial charge in [-0.05, 0) is 50.9 Å². The number of aromatic nitrogens is 1. The molecule has 1 aliphatic carbocycles. The Kier molecular flexibility index (Phi) is 6.35. The highest BCUT2D eigenvalue weighted by Crippen LogP contribution is 2.27. The van der Waals surface area contributed by atoms with E-state index in [2.05, 4.69) is 10.3 Å². The molecule has 1 saturated carbocycles. The first-order valence-electron chi connectivity index (χ1n) is 8.05. The summed E-state index contributed by atoms with van der Waals surface area (Å²) in [5.41, 5.74) is 0.431. The van der Waals surface area contributed by atoms with Gasteiger partial charge in [0.15, 0.2) is 14.9 Å². The molecular formula is C16H26N2O3S.